The van der Waals surface area contributed by atoms with Crippen LogP contribution >= 0.6 is 11.3 Å². The van der Waals surface area contributed by atoms with Crippen LogP contribution in [0.15, 0.2) is 58.4 Å². The Morgan fingerprint density at radius 2 is 1.97 bits per heavy atom. The molecule has 3 saturated heterocycles. The van der Waals surface area contributed by atoms with Crippen molar-refractivity contribution in [3.05, 3.63) is 69.7 Å². The second-order valence-corrected chi connectivity index (χ2v) is 18.4. The molecule has 0 saturated carbocycles. The molecule has 8 rings (SSSR count). The summed E-state index contributed by atoms with van der Waals surface area (Å²) < 4.78 is 14.3. The number of quaternary nitrogens is 1. The SMILES string of the molecule is C=C(C=N/C(=C/c1c2c3cc(ccc3n1CC)-c1csc(n1)CC1(CC3=C[N+]31C(C)=O)C(=O)N1CCC[C@H](N1)C(=O)OCC(C)(C)C2)[C@H](C)OC)N1CCN(C)CC1. The maximum atomic E-state index is 14.6. The van der Waals surface area contributed by atoms with E-state index in [-0.39, 0.29) is 35.0 Å². The van der Waals surface area contributed by atoms with Crippen LogP contribution in [0.25, 0.3) is 28.2 Å². The highest BCUT2D eigenvalue weighted by Gasteiger charge is 2.80. The molecule has 6 bridgehead atoms. The van der Waals surface area contributed by atoms with Gasteiger partial charge in [-0.15, -0.1) is 11.3 Å². The molecule has 5 aliphatic heterocycles. The molecule has 58 heavy (non-hydrogen) atoms. The number of hydrogen-bond donors (Lipinski definition) is 1. The smallest absolute Gasteiger partial charge is 0.324 e. The Morgan fingerprint density at radius 3 is 2.66 bits per heavy atom. The standard InChI is InChI=1S/C44H57N8O5S/c1-9-50-38-13-12-31-19-33(38)34(39(50)20-36(29(3)56-8)45-24-28(2)49-17-15-48(7)16-18-49)22-43(5,6)27-57-41(54)35-11-10-14-51(47-35)42(55)44(23-40-46-37(31)26-58-40)21-32-25-52(32,44)30(4)53/h12-13,19-20,24-26,29,35,47H,2,9-11,14-18,21-23,27H2,1,3-8H3/q+1/b36-20+,45-24?/t29-,35-,44?,52?/m0/s1. The quantitative estimate of drug-likeness (QED) is 0.187. The molecule has 7 heterocycles. The molecule has 3 fully saturated rings. The van der Waals surface area contributed by atoms with Crippen molar-refractivity contribution in [2.45, 2.75) is 91.0 Å². The molecule has 0 radical (unpaired) electrons. The number of nitrogens with one attached hydrogen (secondary N) is 1. The molecule has 2 amide bonds. The molecule has 1 N–H and O–H groups in total. The van der Waals surface area contributed by atoms with Crippen LogP contribution in [0.2, 0.25) is 0 Å². The molecular formula is C44H57N8O5S+. The molecule has 3 aromatic rings. The van der Waals surface area contributed by atoms with Crippen LogP contribution in [0.5, 0.6) is 0 Å². The fourth-order valence-electron chi connectivity index (χ4n) is 9.34. The average molecular weight is 810 g/mol. The lowest BCUT2D eigenvalue weighted by Gasteiger charge is -2.47. The number of hydrogen-bond acceptors (Lipinski definition) is 11. The van der Waals surface area contributed by atoms with E-state index in [1.807, 2.05) is 19.3 Å². The van der Waals surface area contributed by atoms with Crippen molar-refractivity contribution in [3.63, 3.8) is 0 Å². The van der Waals surface area contributed by atoms with Crippen LogP contribution < -0.4 is 5.43 Å². The zero-order chi connectivity index (χ0) is 41.1. The van der Waals surface area contributed by atoms with Gasteiger partial charge in [0, 0.05) is 91.2 Å². The minimum atomic E-state index is -1.05. The average Bonchev–Trinajstić information content (AvgIpc) is 3.46. The first-order chi connectivity index (χ1) is 27.7. The van der Waals surface area contributed by atoms with Gasteiger partial charge in [0.25, 0.3) is 0 Å². The third kappa shape index (κ3) is 6.96. The first kappa shape index (κ1) is 40.3. The Bertz CT molecular complexity index is 2260. The lowest BCUT2D eigenvalue weighted by Crippen LogP contribution is -2.73. The molecule has 14 heteroatoms. The number of fused-ring (bicyclic) bond motifs is 8. The van der Waals surface area contributed by atoms with E-state index in [2.05, 4.69) is 83.8 Å². The van der Waals surface area contributed by atoms with E-state index >= 15 is 0 Å². The molecule has 308 valence electrons. The number of piperazine rings is 1. The van der Waals surface area contributed by atoms with Crippen molar-refractivity contribution < 1.29 is 28.3 Å². The lowest BCUT2D eigenvalue weighted by molar-refractivity contribution is -0.786. The van der Waals surface area contributed by atoms with Gasteiger partial charge in [0.1, 0.15) is 11.0 Å². The number of amides is 2. The third-order valence-corrected chi connectivity index (χ3v) is 13.7. The molecule has 1 spiro atoms. The van der Waals surface area contributed by atoms with Gasteiger partial charge in [0.2, 0.25) is 5.54 Å². The predicted molar refractivity (Wildman–Crippen MR) is 226 cm³/mol. The normalized spacial score (nSPS) is 26.9. The van der Waals surface area contributed by atoms with Crippen LogP contribution in [0.3, 0.4) is 0 Å². The number of allylic oxidation sites excluding steroid dienone is 1. The van der Waals surface area contributed by atoms with E-state index in [1.165, 1.54) is 11.3 Å². The van der Waals surface area contributed by atoms with Crippen molar-refractivity contribution in [3.8, 4) is 11.3 Å². The highest BCUT2D eigenvalue weighted by atomic mass is 32.1. The van der Waals surface area contributed by atoms with E-state index in [0.29, 0.717) is 38.6 Å². The largest absolute Gasteiger partial charge is 0.464 e. The highest BCUT2D eigenvalue weighted by molar-refractivity contribution is 7.10. The molecule has 4 atom stereocenters. The van der Waals surface area contributed by atoms with Crippen molar-refractivity contribution in [2.75, 3.05) is 53.5 Å². The second kappa shape index (κ2) is 15.3. The number of ether oxygens (including phenoxy) is 2. The minimum absolute atomic E-state index is 0.0456. The van der Waals surface area contributed by atoms with Crippen LogP contribution in [0.1, 0.15) is 70.1 Å². The number of rotatable bonds is 7. The summed E-state index contributed by atoms with van der Waals surface area (Å²) in [5.74, 6) is -0.649. The molecule has 13 nitrogen and oxygen atoms in total. The molecule has 2 aromatic heterocycles. The maximum Gasteiger partial charge on any atom is 0.324 e. The summed E-state index contributed by atoms with van der Waals surface area (Å²) in [7, 11) is 3.84. The molecule has 5 aliphatic rings. The molecule has 2 unspecified atom stereocenters. The Kier molecular flexibility index (Phi) is 10.6. The van der Waals surface area contributed by atoms with Gasteiger partial charge in [-0.3, -0.25) is 19.6 Å². The first-order valence-corrected chi connectivity index (χ1v) is 21.5. The summed E-state index contributed by atoms with van der Waals surface area (Å²) in [6.45, 7) is 19.4. The van der Waals surface area contributed by atoms with Crippen molar-refractivity contribution >= 4 is 52.3 Å². The highest BCUT2D eigenvalue weighted by Crippen LogP contribution is 2.61. The summed E-state index contributed by atoms with van der Waals surface area (Å²) in [5.41, 5.74) is 9.36. The number of likely N-dealkylation sites (N-methyl/N-ethyl adjacent to an activating group) is 1. The lowest BCUT2D eigenvalue weighted by atomic mass is 9.80. The van der Waals surface area contributed by atoms with Crippen LogP contribution in [0, 0.1) is 5.41 Å². The number of thiazole rings is 1. The fourth-order valence-corrected chi connectivity index (χ4v) is 10.3. The van der Waals surface area contributed by atoms with Crippen molar-refractivity contribution in [1.82, 2.24) is 29.8 Å². The van der Waals surface area contributed by atoms with E-state index in [1.54, 1.807) is 19.0 Å². The summed E-state index contributed by atoms with van der Waals surface area (Å²) in [4.78, 5) is 56.3. The van der Waals surface area contributed by atoms with E-state index in [4.69, 9.17) is 19.5 Å². The topological polar surface area (TPSA) is 122 Å². The number of nitrogens with zero attached hydrogens (tertiary/aromatic N) is 7. The molecule has 0 aliphatic carbocycles. The number of aryl methyl sites for hydroxylation is 1. The predicted octanol–water partition coefficient (Wildman–Crippen LogP) is 5.52. The first-order valence-electron chi connectivity index (χ1n) is 20.6. The number of benzene rings is 1. The monoisotopic (exact) mass is 809 g/mol. The summed E-state index contributed by atoms with van der Waals surface area (Å²) >= 11 is 1.52. The Labute approximate surface area is 345 Å². The van der Waals surface area contributed by atoms with Gasteiger partial charge in [-0.2, -0.15) is 4.48 Å². The number of esters is 1. The van der Waals surface area contributed by atoms with Crippen molar-refractivity contribution in [2.24, 2.45) is 10.4 Å². The van der Waals surface area contributed by atoms with Gasteiger partial charge < -0.3 is 23.8 Å². The maximum absolute atomic E-state index is 14.6. The number of cyclic esters (lactones) is 1. The van der Waals surface area contributed by atoms with Crippen LogP contribution in [-0.4, -0.2) is 124 Å². The van der Waals surface area contributed by atoms with Gasteiger partial charge in [0.15, 0.2) is 11.9 Å². The van der Waals surface area contributed by atoms with Crippen molar-refractivity contribution in [1.29, 1.82) is 0 Å². The van der Waals surface area contributed by atoms with Gasteiger partial charge in [-0.1, -0.05) is 26.5 Å². The summed E-state index contributed by atoms with van der Waals surface area (Å²) in [6, 6.07) is 5.82. The number of carbonyl (C=O) groups excluding carboxylic acids is 3. The Hall–Kier alpha value is -4.47. The van der Waals surface area contributed by atoms with E-state index < -0.39 is 17.0 Å². The second-order valence-electron chi connectivity index (χ2n) is 17.4. The number of aromatic nitrogens is 2. The fraction of sp³-hybridized carbons (Fsp3) is 0.523. The van der Waals surface area contributed by atoms with Crippen LogP contribution in [-0.2, 0) is 43.2 Å². The summed E-state index contributed by atoms with van der Waals surface area (Å²) in [6.07, 6.45) is 8.22. The zero-order valence-corrected chi connectivity index (χ0v) is 35.8. The van der Waals surface area contributed by atoms with E-state index in [9.17, 15) is 14.4 Å². The van der Waals surface area contributed by atoms with E-state index in [0.717, 1.165) is 88.2 Å². The Balaban J connectivity index is 1.23. The number of methoxy groups -OCH3 is 1. The third-order valence-electron chi connectivity index (χ3n) is 12.9. The van der Waals surface area contributed by atoms with Gasteiger partial charge in [-0.05, 0) is 63.9 Å². The number of aliphatic imine (C=N–C) groups is 1. The van der Waals surface area contributed by atoms with Gasteiger partial charge in [-0.25, -0.2) is 15.2 Å². The van der Waals surface area contributed by atoms with Gasteiger partial charge in [0.05, 0.1) is 43.9 Å². The summed E-state index contributed by atoms with van der Waals surface area (Å²) in [5, 5.41) is 5.50. The molecular weight excluding hydrogens is 753 g/mol. The number of carbonyl (C=O) groups is 3. The minimum Gasteiger partial charge on any atom is -0.464 e. The molecule has 1 aromatic carbocycles. The Morgan fingerprint density at radius 1 is 1.19 bits per heavy atom. The van der Waals surface area contributed by atoms with Gasteiger partial charge >= 0.3 is 17.8 Å². The number of hydrazine groups is 1. The van der Waals surface area contributed by atoms with Crippen LogP contribution in [0.4, 0.5) is 0 Å². The zero-order valence-electron chi connectivity index (χ0n) is 35.0.